The summed E-state index contributed by atoms with van der Waals surface area (Å²) in [5.41, 5.74) is -0.188. The Morgan fingerprint density at radius 2 is 2.12 bits per heavy atom. The minimum Gasteiger partial charge on any atom is -0.445 e. The van der Waals surface area contributed by atoms with Crippen LogP contribution in [0.4, 0.5) is 9.93 Å². The maximum atomic E-state index is 13.3. The molecule has 34 heavy (non-hydrogen) atoms. The number of aliphatic hydroxyl groups excluding tert-OH is 2. The Bertz CT molecular complexity index is 932. The third-order valence-electron chi connectivity index (χ3n) is 8.18. The van der Waals surface area contributed by atoms with Crippen molar-refractivity contribution in [3.8, 4) is 0 Å². The van der Waals surface area contributed by atoms with Crippen molar-refractivity contribution in [2.24, 2.45) is 16.7 Å². The summed E-state index contributed by atoms with van der Waals surface area (Å²) in [5.74, 6) is -0.165. The molecule has 9 nitrogen and oxygen atoms in total. The van der Waals surface area contributed by atoms with E-state index >= 15 is 0 Å². The van der Waals surface area contributed by atoms with Crippen LogP contribution in [0.5, 0.6) is 0 Å². The Kier molecular flexibility index (Phi) is 7.33. The van der Waals surface area contributed by atoms with Crippen molar-refractivity contribution in [3.63, 3.8) is 0 Å². The normalized spacial score (nSPS) is 32.9. The maximum Gasteiger partial charge on any atom is 0.413 e. The number of nitrogens with zero attached hydrogens (tertiary/aromatic N) is 2. The maximum absolute atomic E-state index is 13.3. The first-order chi connectivity index (χ1) is 16.2. The van der Waals surface area contributed by atoms with Gasteiger partial charge in [0.05, 0.1) is 31.6 Å². The zero-order chi connectivity index (χ0) is 24.5. The minimum absolute atomic E-state index is 0.0373. The third kappa shape index (κ3) is 4.48. The van der Waals surface area contributed by atoms with Crippen LogP contribution in [0.3, 0.4) is 0 Å². The fraction of sp³-hybridized carbons (Fsp3) is 0.708. The SMILES string of the molecule is C=CCOC(=O)Nc1nc2c(s1)CC1C(C)(CO)C(O)CCC1(C)C2CC(=O)N1CCOCC1. The van der Waals surface area contributed by atoms with Gasteiger partial charge in [-0.1, -0.05) is 26.5 Å². The predicted molar refractivity (Wildman–Crippen MR) is 128 cm³/mol. The van der Waals surface area contributed by atoms with E-state index in [4.69, 9.17) is 14.5 Å². The average Bonchev–Trinajstić information content (AvgIpc) is 3.24. The summed E-state index contributed by atoms with van der Waals surface area (Å²) in [4.78, 5) is 33.0. The number of aliphatic hydroxyl groups is 2. The molecular formula is C24H35N3O6S. The Morgan fingerprint density at radius 3 is 2.79 bits per heavy atom. The van der Waals surface area contributed by atoms with Gasteiger partial charge in [0.15, 0.2) is 5.13 Å². The van der Waals surface area contributed by atoms with Crippen LogP contribution in [-0.4, -0.2) is 77.7 Å². The van der Waals surface area contributed by atoms with Crippen LogP contribution in [-0.2, 0) is 20.7 Å². The molecule has 2 heterocycles. The topological polar surface area (TPSA) is 121 Å². The average molecular weight is 494 g/mol. The fourth-order valence-electron chi connectivity index (χ4n) is 6.07. The van der Waals surface area contributed by atoms with Crippen molar-refractivity contribution in [1.82, 2.24) is 9.88 Å². The fourth-order valence-corrected chi connectivity index (χ4v) is 7.13. The molecule has 1 aromatic rings. The number of morpholine rings is 1. The molecule has 10 heteroatoms. The van der Waals surface area contributed by atoms with E-state index in [2.05, 4.69) is 18.8 Å². The number of fused-ring (bicyclic) bond motifs is 2. The van der Waals surface area contributed by atoms with E-state index in [9.17, 15) is 19.8 Å². The molecule has 5 unspecified atom stereocenters. The van der Waals surface area contributed by atoms with Crippen molar-refractivity contribution >= 4 is 28.5 Å². The van der Waals surface area contributed by atoms with Crippen LogP contribution < -0.4 is 5.32 Å². The second kappa shape index (κ2) is 9.93. The predicted octanol–water partition coefficient (Wildman–Crippen LogP) is 2.54. The molecule has 1 aromatic heterocycles. The number of ether oxygens (including phenoxy) is 2. The molecule has 0 radical (unpaired) electrons. The molecular weight excluding hydrogens is 458 g/mol. The van der Waals surface area contributed by atoms with E-state index in [0.717, 1.165) is 17.0 Å². The second-order valence-corrected chi connectivity index (χ2v) is 11.2. The van der Waals surface area contributed by atoms with E-state index in [1.54, 1.807) is 0 Å². The molecule has 1 saturated heterocycles. The van der Waals surface area contributed by atoms with Gasteiger partial charge in [0.2, 0.25) is 5.91 Å². The van der Waals surface area contributed by atoms with Gasteiger partial charge in [-0.3, -0.25) is 10.1 Å². The van der Waals surface area contributed by atoms with E-state index in [1.165, 1.54) is 17.4 Å². The lowest BCUT2D eigenvalue weighted by molar-refractivity contribution is -0.149. The van der Waals surface area contributed by atoms with Gasteiger partial charge in [-0.15, -0.1) is 11.3 Å². The van der Waals surface area contributed by atoms with E-state index in [1.807, 2.05) is 11.8 Å². The van der Waals surface area contributed by atoms with Crippen LogP contribution in [0.15, 0.2) is 12.7 Å². The smallest absolute Gasteiger partial charge is 0.413 e. The van der Waals surface area contributed by atoms with E-state index < -0.39 is 17.6 Å². The van der Waals surface area contributed by atoms with Crippen molar-refractivity contribution in [1.29, 1.82) is 0 Å². The van der Waals surface area contributed by atoms with Gasteiger partial charge in [-0.05, 0) is 30.6 Å². The first kappa shape index (κ1) is 25.1. The first-order valence-electron chi connectivity index (χ1n) is 11.9. The summed E-state index contributed by atoms with van der Waals surface area (Å²) in [6.07, 6.45) is 2.48. The first-order valence-corrected chi connectivity index (χ1v) is 12.7. The number of rotatable bonds is 6. The zero-order valence-electron chi connectivity index (χ0n) is 19.9. The summed E-state index contributed by atoms with van der Waals surface area (Å²) in [5, 5.41) is 24.3. The van der Waals surface area contributed by atoms with Crippen molar-refractivity contribution in [2.75, 3.05) is 44.8 Å². The zero-order valence-corrected chi connectivity index (χ0v) is 20.7. The number of aromatic nitrogens is 1. The number of hydrogen-bond acceptors (Lipinski definition) is 8. The second-order valence-electron chi connectivity index (χ2n) is 10.1. The number of hydrogen-bond donors (Lipinski definition) is 3. The molecule has 0 spiro atoms. The lowest BCUT2D eigenvalue weighted by Crippen LogP contribution is -2.58. The number of nitrogens with one attached hydrogen (secondary N) is 1. The molecule has 1 saturated carbocycles. The molecule has 2 amide bonds. The summed E-state index contributed by atoms with van der Waals surface area (Å²) >= 11 is 1.37. The summed E-state index contributed by atoms with van der Waals surface area (Å²) in [6.45, 7) is 9.84. The minimum atomic E-state index is -0.689. The molecule has 2 aliphatic carbocycles. The Balaban J connectivity index is 1.68. The van der Waals surface area contributed by atoms with Crippen molar-refractivity contribution in [2.45, 2.75) is 51.6 Å². The Morgan fingerprint density at radius 1 is 1.38 bits per heavy atom. The summed E-state index contributed by atoms with van der Waals surface area (Å²) in [7, 11) is 0. The van der Waals surface area contributed by atoms with Crippen LogP contribution in [0.25, 0.3) is 0 Å². The Hall–Kier alpha value is -2.01. The molecule has 0 aromatic carbocycles. The molecule has 2 fully saturated rings. The van der Waals surface area contributed by atoms with Crippen molar-refractivity contribution < 1.29 is 29.3 Å². The molecule has 0 bridgehead atoms. The van der Waals surface area contributed by atoms with Crippen LogP contribution in [0.2, 0.25) is 0 Å². The van der Waals surface area contributed by atoms with Gasteiger partial charge in [0.25, 0.3) is 0 Å². The lowest BCUT2D eigenvalue weighted by atomic mass is 9.47. The molecule has 3 N–H and O–H groups in total. The standard InChI is InChI=1S/C24H35N3O6S/c1-4-9-33-22(31)26-21-25-20-15(12-19(30)27-7-10-32-11-8-27)23(2)6-5-18(29)24(3,14-28)17(23)13-16(20)34-21/h4,15,17-18,28-29H,1,5-14H2,2-3H3,(H,25,26,31). The van der Waals surface area contributed by atoms with Crippen LogP contribution in [0, 0.1) is 16.7 Å². The van der Waals surface area contributed by atoms with Crippen molar-refractivity contribution in [3.05, 3.63) is 23.2 Å². The van der Waals surface area contributed by atoms with Crippen LogP contribution >= 0.6 is 11.3 Å². The number of amides is 2. The van der Waals surface area contributed by atoms with Gasteiger partial charge in [-0.2, -0.15) is 0 Å². The van der Waals surface area contributed by atoms with Gasteiger partial charge in [0, 0.05) is 35.7 Å². The summed E-state index contributed by atoms with van der Waals surface area (Å²) < 4.78 is 10.4. The number of carbonyl (C=O) groups excluding carboxylic acids is 2. The van der Waals surface area contributed by atoms with Gasteiger partial charge in [0.1, 0.15) is 6.61 Å². The number of thiazole rings is 1. The van der Waals surface area contributed by atoms with Gasteiger partial charge >= 0.3 is 6.09 Å². The highest BCUT2D eigenvalue weighted by atomic mass is 32.1. The molecule has 3 aliphatic rings. The van der Waals surface area contributed by atoms with Gasteiger partial charge < -0.3 is 24.6 Å². The molecule has 188 valence electrons. The number of anilines is 1. The number of carbonyl (C=O) groups is 2. The van der Waals surface area contributed by atoms with Gasteiger partial charge in [-0.25, -0.2) is 9.78 Å². The molecule has 1 aliphatic heterocycles. The monoisotopic (exact) mass is 493 g/mol. The van der Waals surface area contributed by atoms with Crippen LogP contribution in [0.1, 0.15) is 49.6 Å². The third-order valence-corrected chi connectivity index (χ3v) is 9.19. The lowest BCUT2D eigenvalue weighted by Gasteiger charge is -2.58. The highest BCUT2D eigenvalue weighted by Crippen LogP contribution is 2.62. The largest absolute Gasteiger partial charge is 0.445 e. The molecule has 4 rings (SSSR count). The Labute approximate surface area is 204 Å². The highest BCUT2D eigenvalue weighted by molar-refractivity contribution is 7.15. The molecule has 5 atom stereocenters. The quantitative estimate of drug-likeness (QED) is 0.521. The summed E-state index contributed by atoms with van der Waals surface area (Å²) in [6, 6.07) is 0. The van der Waals surface area contributed by atoms with E-state index in [0.29, 0.717) is 50.7 Å². The highest BCUT2D eigenvalue weighted by Gasteiger charge is 2.59. The van der Waals surface area contributed by atoms with E-state index in [-0.39, 0.29) is 36.4 Å².